The molecule has 1 amide bonds. The van der Waals surface area contributed by atoms with Crippen molar-refractivity contribution in [2.45, 2.75) is 75.8 Å². The summed E-state index contributed by atoms with van der Waals surface area (Å²) in [4.78, 5) is 18.2. The number of thiophene rings is 1. The molecule has 0 bridgehead atoms. The van der Waals surface area contributed by atoms with Crippen molar-refractivity contribution in [2.24, 2.45) is 11.8 Å². The Hall–Kier alpha value is -0.580. The molecule has 2 aliphatic carbocycles. The number of halogens is 1. The Kier molecular flexibility index (Phi) is 6.15. The number of carbonyl (C=O) groups excluding carboxylic acids is 1. The first-order valence-electron chi connectivity index (χ1n) is 10.9. The van der Waals surface area contributed by atoms with Crippen LogP contribution in [-0.4, -0.2) is 47.4 Å². The molecular formula is C22H33ClN2OS. The molecule has 3 heterocycles. The predicted molar refractivity (Wildman–Crippen MR) is 114 cm³/mol. The fourth-order valence-corrected chi connectivity index (χ4v) is 6.75. The lowest BCUT2D eigenvalue weighted by Gasteiger charge is -2.44. The van der Waals surface area contributed by atoms with E-state index in [2.05, 4.69) is 26.6 Å². The van der Waals surface area contributed by atoms with Crippen molar-refractivity contribution in [1.29, 1.82) is 0 Å². The van der Waals surface area contributed by atoms with Gasteiger partial charge in [0.15, 0.2) is 0 Å². The number of piperidine rings is 1. The summed E-state index contributed by atoms with van der Waals surface area (Å²) in [6.07, 6.45) is 11.7. The summed E-state index contributed by atoms with van der Waals surface area (Å²) in [6.45, 7) is 3.39. The molecule has 2 saturated carbocycles. The third-order valence-electron chi connectivity index (χ3n) is 7.76. The third-order valence-corrected chi connectivity index (χ3v) is 8.46. The van der Waals surface area contributed by atoms with Crippen molar-refractivity contribution in [1.82, 2.24) is 9.80 Å². The van der Waals surface area contributed by atoms with Gasteiger partial charge in [-0.2, -0.15) is 11.3 Å². The summed E-state index contributed by atoms with van der Waals surface area (Å²) < 4.78 is 0. The second-order valence-electron chi connectivity index (χ2n) is 9.09. The smallest absolute Gasteiger partial charge is 0.225 e. The summed E-state index contributed by atoms with van der Waals surface area (Å²) in [6, 6.07) is 3.61. The lowest BCUT2D eigenvalue weighted by molar-refractivity contribution is -0.140. The molecule has 27 heavy (non-hydrogen) atoms. The van der Waals surface area contributed by atoms with Crippen LogP contribution in [0, 0.1) is 11.8 Å². The molecule has 1 aromatic rings. The van der Waals surface area contributed by atoms with E-state index in [0.717, 1.165) is 25.4 Å². The summed E-state index contributed by atoms with van der Waals surface area (Å²) in [5.41, 5.74) is 1.49. The summed E-state index contributed by atoms with van der Waals surface area (Å²) in [5, 5.41) is 4.54. The van der Waals surface area contributed by atoms with Crippen LogP contribution < -0.4 is 0 Å². The number of hydrogen-bond donors (Lipinski definition) is 0. The zero-order valence-electron chi connectivity index (χ0n) is 16.2. The molecule has 2 aliphatic heterocycles. The minimum atomic E-state index is 0. The van der Waals surface area contributed by atoms with Gasteiger partial charge in [0.25, 0.3) is 0 Å². The van der Waals surface area contributed by atoms with Crippen LogP contribution in [0.5, 0.6) is 0 Å². The molecular weight excluding hydrogens is 376 g/mol. The highest BCUT2D eigenvalue weighted by atomic mass is 35.5. The van der Waals surface area contributed by atoms with E-state index in [1.807, 2.05) is 11.3 Å². The molecule has 0 spiro atoms. The molecule has 0 aromatic carbocycles. The van der Waals surface area contributed by atoms with E-state index in [9.17, 15) is 4.79 Å². The highest BCUT2D eigenvalue weighted by molar-refractivity contribution is 7.08. The first-order chi connectivity index (χ1) is 12.8. The van der Waals surface area contributed by atoms with Crippen molar-refractivity contribution in [3.8, 4) is 0 Å². The van der Waals surface area contributed by atoms with Crippen LogP contribution in [0.3, 0.4) is 0 Å². The van der Waals surface area contributed by atoms with Crippen LogP contribution in [0.25, 0.3) is 0 Å². The van der Waals surface area contributed by atoms with Gasteiger partial charge in [-0.1, -0.05) is 25.7 Å². The minimum Gasteiger partial charge on any atom is -0.338 e. The van der Waals surface area contributed by atoms with Gasteiger partial charge >= 0.3 is 0 Å². The van der Waals surface area contributed by atoms with Gasteiger partial charge in [-0.25, -0.2) is 0 Å². The van der Waals surface area contributed by atoms with Crippen molar-refractivity contribution in [3.63, 3.8) is 0 Å². The Morgan fingerprint density at radius 1 is 1.00 bits per heavy atom. The van der Waals surface area contributed by atoms with E-state index < -0.39 is 0 Å². The quantitative estimate of drug-likeness (QED) is 0.708. The summed E-state index contributed by atoms with van der Waals surface area (Å²) >= 11 is 1.81. The number of rotatable bonds is 3. The van der Waals surface area contributed by atoms with E-state index in [-0.39, 0.29) is 12.4 Å². The molecule has 2 saturated heterocycles. The van der Waals surface area contributed by atoms with Crippen LogP contribution in [0.1, 0.15) is 69.3 Å². The Morgan fingerprint density at radius 2 is 1.81 bits per heavy atom. The fraction of sp³-hybridized carbons (Fsp3) is 0.773. The Balaban J connectivity index is 0.00000180. The average molecular weight is 409 g/mol. The van der Waals surface area contributed by atoms with E-state index in [1.165, 1.54) is 63.6 Å². The van der Waals surface area contributed by atoms with Gasteiger partial charge < -0.3 is 4.90 Å². The second kappa shape index (κ2) is 8.42. The van der Waals surface area contributed by atoms with Crippen molar-refractivity contribution < 1.29 is 4.79 Å². The van der Waals surface area contributed by atoms with Gasteiger partial charge in [0, 0.05) is 49.5 Å². The number of nitrogens with zero attached hydrogens (tertiary/aromatic N) is 2. The number of fused-ring (bicyclic) bond motifs is 1. The zero-order chi connectivity index (χ0) is 17.5. The molecule has 0 N–H and O–H groups in total. The number of likely N-dealkylation sites (tertiary alicyclic amines) is 2. The monoisotopic (exact) mass is 408 g/mol. The molecule has 5 rings (SSSR count). The molecule has 4 fully saturated rings. The van der Waals surface area contributed by atoms with Crippen LogP contribution >= 0.6 is 23.7 Å². The highest BCUT2D eigenvalue weighted by Crippen LogP contribution is 2.44. The molecule has 3 atom stereocenters. The molecule has 4 aliphatic rings. The zero-order valence-corrected chi connectivity index (χ0v) is 17.9. The Bertz CT molecular complexity index is 626. The Labute approximate surface area is 173 Å². The normalized spacial score (nSPS) is 32.6. The molecule has 0 unspecified atom stereocenters. The van der Waals surface area contributed by atoms with E-state index in [1.54, 1.807) is 0 Å². The first-order valence-corrected chi connectivity index (χ1v) is 11.8. The van der Waals surface area contributed by atoms with Crippen LogP contribution in [0.15, 0.2) is 16.8 Å². The molecule has 1 aromatic heterocycles. The predicted octanol–water partition coefficient (Wildman–Crippen LogP) is 4.92. The average Bonchev–Trinajstić information content (AvgIpc) is 3.28. The molecule has 5 heteroatoms. The van der Waals surface area contributed by atoms with Gasteiger partial charge in [0.1, 0.15) is 0 Å². The highest BCUT2D eigenvalue weighted by Gasteiger charge is 2.49. The number of amides is 1. The maximum Gasteiger partial charge on any atom is 0.225 e. The minimum absolute atomic E-state index is 0. The van der Waals surface area contributed by atoms with Crippen LogP contribution in [-0.2, 0) is 4.79 Å². The topological polar surface area (TPSA) is 23.6 Å². The van der Waals surface area contributed by atoms with E-state index in [0.29, 0.717) is 29.7 Å². The van der Waals surface area contributed by atoms with Gasteiger partial charge in [0.2, 0.25) is 5.91 Å². The van der Waals surface area contributed by atoms with E-state index >= 15 is 0 Å². The summed E-state index contributed by atoms with van der Waals surface area (Å²) in [7, 11) is 0. The first kappa shape index (κ1) is 19.7. The molecule has 150 valence electrons. The lowest BCUT2D eigenvalue weighted by atomic mass is 9.81. The van der Waals surface area contributed by atoms with Gasteiger partial charge in [-0.05, 0) is 54.5 Å². The van der Waals surface area contributed by atoms with Crippen molar-refractivity contribution >= 4 is 29.7 Å². The Morgan fingerprint density at radius 3 is 2.48 bits per heavy atom. The van der Waals surface area contributed by atoms with Crippen molar-refractivity contribution in [2.75, 3.05) is 19.6 Å². The number of hydrogen-bond acceptors (Lipinski definition) is 3. The molecule has 0 radical (unpaired) electrons. The van der Waals surface area contributed by atoms with Gasteiger partial charge in [0.05, 0.1) is 0 Å². The van der Waals surface area contributed by atoms with Crippen LogP contribution in [0.2, 0.25) is 0 Å². The van der Waals surface area contributed by atoms with Gasteiger partial charge in [-0.15, -0.1) is 12.4 Å². The standard InChI is InChI=1S/C22H32N2OS.ClH/c25-22(16-5-4-6-16)24-14-19(17-10-12-26-15-17)20-13-23(11-9-21(20)24)18-7-2-1-3-8-18;/h10,12,15-16,18-21H,1-9,11,13-14H2;1H/t19-,20-,21-;/m0./s1. The lowest BCUT2D eigenvalue weighted by Crippen LogP contribution is -2.52. The maximum atomic E-state index is 13.1. The maximum absolute atomic E-state index is 13.1. The molecule has 3 nitrogen and oxygen atoms in total. The van der Waals surface area contributed by atoms with Gasteiger partial charge in [-0.3, -0.25) is 9.69 Å². The second-order valence-corrected chi connectivity index (χ2v) is 9.87. The van der Waals surface area contributed by atoms with E-state index in [4.69, 9.17) is 0 Å². The fourth-order valence-electron chi connectivity index (χ4n) is 6.02. The summed E-state index contributed by atoms with van der Waals surface area (Å²) in [5.74, 6) is 2.02. The van der Waals surface area contributed by atoms with Crippen LogP contribution in [0.4, 0.5) is 0 Å². The van der Waals surface area contributed by atoms with Crippen molar-refractivity contribution in [3.05, 3.63) is 22.4 Å². The largest absolute Gasteiger partial charge is 0.338 e. The SMILES string of the molecule is Cl.O=C(C1CCC1)N1C[C@@H](c2ccsc2)[C@@H]2CN(C3CCCCC3)CC[C@@H]21. The number of carbonyl (C=O) groups is 1. The third kappa shape index (κ3) is 3.70.